The molecule has 0 aliphatic carbocycles. The van der Waals surface area contributed by atoms with Crippen LogP contribution in [0, 0.1) is 24.0 Å². The van der Waals surface area contributed by atoms with E-state index in [4.69, 9.17) is 6.42 Å². The smallest absolute Gasteiger partial charge is 0.266 e. The summed E-state index contributed by atoms with van der Waals surface area (Å²) < 4.78 is 53.9. The van der Waals surface area contributed by atoms with Gasteiger partial charge < -0.3 is 4.57 Å². The number of carbonyl (C=O) groups excluding carboxylic acids is 1. The summed E-state index contributed by atoms with van der Waals surface area (Å²) in [7, 11) is -3.54. The van der Waals surface area contributed by atoms with Crippen LogP contribution < -0.4 is 4.80 Å². The molecule has 0 spiro atoms. The van der Waals surface area contributed by atoms with Crippen LogP contribution >= 0.6 is 11.3 Å². The second-order valence-electron chi connectivity index (χ2n) is 5.89. The number of carbonyl (C=O) groups is 1. The molecule has 0 radical (unpaired) electrons. The summed E-state index contributed by atoms with van der Waals surface area (Å²) in [5.74, 6) is 0.149. The summed E-state index contributed by atoms with van der Waals surface area (Å²) in [5.41, 5.74) is 0.0623. The van der Waals surface area contributed by atoms with Gasteiger partial charge in [-0.2, -0.15) is 9.30 Å². The van der Waals surface area contributed by atoms with Gasteiger partial charge in [0.1, 0.15) is 11.9 Å². The SMILES string of the molecule is C#CCn1c(=NC(=O)[C@@H]2CCCN2S(C)(=O)=O)sc2cc(F)cc(F)c21. The summed E-state index contributed by atoms with van der Waals surface area (Å²) in [6, 6.07) is 0.977. The first-order valence-corrected chi connectivity index (χ1v) is 10.4. The lowest BCUT2D eigenvalue weighted by Crippen LogP contribution is -2.39. The van der Waals surface area contributed by atoms with E-state index in [1.807, 2.05) is 0 Å². The molecule has 10 heteroatoms. The molecule has 1 saturated heterocycles. The summed E-state index contributed by atoms with van der Waals surface area (Å²) >= 11 is 0.920. The van der Waals surface area contributed by atoms with Crippen molar-refractivity contribution < 1.29 is 22.0 Å². The Morgan fingerprint density at radius 2 is 2.19 bits per heavy atom. The van der Waals surface area contributed by atoms with E-state index in [0.717, 1.165) is 34.0 Å². The van der Waals surface area contributed by atoms with Crippen molar-refractivity contribution in [3.8, 4) is 12.3 Å². The molecule has 138 valence electrons. The van der Waals surface area contributed by atoms with Crippen LogP contribution in [0.3, 0.4) is 0 Å². The highest BCUT2D eigenvalue weighted by atomic mass is 32.2. The maximum atomic E-state index is 14.2. The Balaban J connectivity index is 2.12. The Labute approximate surface area is 152 Å². The molecule has 2 heterocycles. The van der Waals surface area contributed by atoms with Crippen molar-refractivity contribution in [2.75, 3.05) is 12.8 Å². The minimum atomic E-state index is -3.54. The number of nitrogens with zero attached hydrogens (tertiary/aromatic N) is 3. The Morgan fingerprint density at radius 1 is 1.46 bits per heavy atom. The summed E-state index contributed by atoms with van der Waals surface area (Å²) in [5, 5.41) is 0. The van der Waals surface area contributed by atoms with Crippen LogP contribution in [-0.4, -0.2) is 42.0 Å². The molecule has 1 aromatic carbocycles. The zero-order valence-electron chi connectivity index (χ0n) is 13.8. The highest BCUT2D eigenvalue weighted by Crippen LogP contribution is 2.24. The van der Waals surface area contributed by atoms with E-state index < -0.39 is 33.6 Å². The summed E-state index contributed by atoms with van der Waals surface area (Å²) in [6.45, 7) is 0.191. The van der Waals surface area contributed by atoms with E-state index in [0.29, 0.717) is 12.8 Å². The first kappa shape index (κ1) is 18.7. The molecule has 0 saturated carbocycles. The molecule has 26 heavy (non-hydrogen) atoms. The van der Waals surface area contributed by atoms with Gasteiger partial charge in [0.15, 0.2) is 10.6 Å². The number of halogens is 2. The number of fused-ring (bicyclic) bond motifs is 1. The van der Waals surface area contributed by atoms with Crippen molar-refractivity contribution in [3.63, 3.8) is 0 Å². The monoisotopic (exact) mass is 399 g/mol. The maximum absolute atomic E-state index is 14.2. The third-order valence-corrected chi connectivity index (χ3v) is 6.38. The predicted molar refractivity (Wildman–Crippen MR) is 93.7 cm³/mol. The molecule has 3 rings (SSSR count). The molecule has 0 bridgehead atoms. The molecule has 2 aromatic rings. The van der Waals surface area contributed by atoms with Crippen LogP contribution in [0.15, 0.2) is 17.1 Å². The molecule has 1 aliphatic rings. The highest BCUT2D eigenvalue weighted by Gasteiger charge is 2.36. The highest BCUT2D eigenvalue weighted by molar-refractivity contribution is 7.88. The maximum Gasteiger partial charge on any atom is 0.266 e. The van der Waals surface area contributed by atoms with E-state index in [1.165, 1.54) is 4.57 Å². The van der Waals surface area contributed by atoms with Crippen molar-refractivity contribution >= 4 is 37.5 Å². The number of aromatic nitrogens is 1. The van der Waals surface area contributed by atoms with Crippen LogP contribution in [-0.2, 0) is 21.4 Å². The fourth-order valence-corrected chi connectivity index (χ4v) is 5.20. The first-order valence-electron chi connectivity index (χ1n) is 7.69. The average molecular weight is 399 g/mol. The molecule has 1 aliphatic heterocycles. The summed E-state index contributed by atoms with van der Waals surface area (Å²) in [6.07, 6.45) is 7.26. The number of sulfonamides is 1. The standard InChI is InChI=1S/C16H15F2N3O3S2/c1-3-6-20-14-11(18)8-10(17)9-13(14)25-16(20)19-15(22)12-5-4-7-21(12)26(2,23)24/h1,8-9,12H,4-7H2,2H3/t12-/m0/s1. The van der Waals surface area contributed by atoms with E-state index >= 15 is 0 Å². The van der Waals surface area contributed by atoms with Crippen LogP contribution in [0.2, 0.25) is 0 Å². The molecule has 0 N–H and O–H groups in total. The van der Waals surface area contributed by atoms with Crippen molar-refractivity contribution in [2.45, 2.75) is 25.4 Å². The average Bonchev–Trinajstić information content (AvgIpc) is 3.13. The lowest BCUT2D eigenvalue weighted by Gasteiger charge is -2.18. The van der Waals surface area contributed by atoms with Gasteiger partial charge in [0.25, 0.3) is 5.91 Å². The number of terminal acetylenes is 1. The van der Waals surface area contributed by atoms with E-state index in [1.54, 1.807) is 0 Å². The zero-order chi connectivity index (χ0) is 19.1. The number of thiazole rings is 1. The minimum absolute atomic E-state index is 0.0604. The summed E-state index contributed by atoms with van der Waals surface area (Å²) in [4.78, 5) is 16.6. The van der Waals surface area contributed by atoms with Gasteiger partial charge in [-0.3, -0.25) is 4.79 Å². The number of benzene rings is 1. The second-order valence-corrected chi connectivity index (χ2v) is 8.84. The third-order valence-electron chi connectivity index (χ3n) is 4.07. The van der Waals surface area contributed by atoms with Gasteiger partial charge in [-0.05, 0) is 18.9 Å². The van der Waals surface area contributed by atoms with Gasteiger partial charge >= 0.3 is 0 Å². The molecule has 6 nitrogen and oxygen atoms in total. The molecular weight excluding hydrogens is 384 g/mol. The Bertz CT molecular complexity index is 1100. The van der Waals surface area contributed by atoms with Crippen LogP contribution in [0.25, 0.3) is 10.2 Å². The number of hydrogen-bond acceptors (Lipinski definition) is 4. The third kappa shape index (κ3) is 3.42. The molecule has 0 unspecified atom stereocenters. The van der Waals surface area contributed by atoms with Crippen LogP contribution in [0.1, 0.15) is 12.8 Å². The lowest BCUT2D eigenvalue weighted by atomic mass is 10.2. The largest absolute Gasteiger partial charge is 0.302 e. The van der Waals surface area contributed by atoms with Crippen LogP contribution in [0.4, 0.5) is 8.78 Å². The minimum Gasteiger partial charge on any atom is -0.302 e. The van der Waals surface area contributed by atoms with E-state index in [9.17, 15) is 22.0 Å². The Hall–Kier alpha value is -2.09. The predicted octanol–water partition coefficient (Wildman–Crippen LogP) is 1.47. The van der Waals surface area contributed by atoms with Crippen molar-refractivity contribution in [1.82, 2.24) is 8.87 Å². The van der Waals surface area contributed by atoms with E-state index in [2.05, 4.69) is 10.9 Å². The first-order chi connectivity index (χ1) is 12.2. The van der Waals surface area contributed by atoms with E-state index in [-0.39, 0.29) is 28.1 Å². The fraction of sp³-hybridized carbons (Fsp3) is 0.375. The number of amides is 1. The second kappa shape index (κ2) is 6.90. The Kier molecular flexibility index (Phi) is 4.96. The van der Waals surface area contributed by atoms with Crippen molar-refractivity contribution in [3.05, 3.63) is 28.6 Å². The topological polar surface area (TPSA) is 71.7 Å². The van der Waals surface area contributed by atoms with Gasteiger partial charge in [-0.25, -0.2) is 17.2 Å². The molecule has 1 fully saturated rings. The number of hydrogen-bond donors (Lipinski definition) is 0. The van der Waals surface area contributed by atoms with Crippen LogP contribution in [0.5, 0.6) is 0 Å². The lowest BCUT2D eigenvalue weighted by molar-refractivity contribution is -0.121. The zero-order valence-corrected chi connectivity index (χ0v) is 15.4. The van der Waals surface area contributed by atoms with Gasteiger partial charge in [0, 0.05) is 12.6 Å². The van der Waals surface area contributed by atoms with Gasteiger partial charge in [-0.1, -0.05) is 17.3 Å². The van der Waals surface area contributed by atoms with Gasteiger partial charge in [-0.15, -0.1) is 6.42 Å². The molecule has 1 atom stereocenters. The quantitative estimate of drug-likeness (QED) is 0.734. The van der Waals surface area contributed by atoms with Gasteiger partial charge in [0.2, 0.25) is 10.0 Å². The van der Waals surface area contributed by atoms with Gasteiger partial charge in [0.05, 0.1) is 23.0 Å². The number of rotatable bonds is 3. The fourth-order valence-electron chi connectivity index (χ4n) is 3.01. The molecular formula is C16H15F2N3O3S2. The Morgan fingerprint density at radius 3 is 2.85 bits per heavy atom. The molecule has 1 amide bonds. The van der Waals surface area contributed by atoms with Crippen molar-refractivity contribution in [1.29, 1.82) is 0 Å². The van der Waals surface area contributed by atoms with Crippen molar-refractivity contribution in [2.24, 2.45) is 4.99 Å². The normalized spacial score (nSPS) is 19.2. The molecule has 1 aromatic heterocycles.